The molecule has 2 aliphatic rings. The van der Waals surface area contributed by atoms with E-state index in [0.29, 0.717) is 22.2 Å². The molecule has 4 nitrogen and oxygen atoms in total. The number of amides is 1. The fraction of sp³-hybridized carbons (Fsp3) is 0.222. The highest BCUT2D eigenvalue weighted by molar-refractivity contribution is 6.42. The van der Waals surface area contributed by atoms with Crippen LogP contribution < -0.4 is 9.80 Å². The van der Waals surface area contributed by atoms with Crippen LogP contribution in [0.2, 0.25) is 10.0 Å². The zero-order valence-electron chi connectivity index (χ0n) is 18.5. The van der Waals surface area contributed by atoms with E-state index in [0.717, 1.165) is 48.6 Å². The summed E-state index contributed by atoms with van der Waals surface area (Å²) in [7, 11) is 2.15. The van der Waals surface area contributed by atoms with Crippen LogP contribution in [0.25, 0.3) is 11.6 Å². The molecular weight excluding hydrogens is 453 g/mol. The summed E-state index contributed by atoms with van der Waals surface area (Å²) in [5.41, 5.74) is 5.76. The molecule has 0 aliphatic carbocycles. The first-order valence-electron chi connectivity index (χ1n) is 11.1. The van der Waals surface area contributed by atoms with Crippen molar-refractivity contribution >= 4 is 52.1 Å². The summed E-state index contributed by atoms with van der Waals surface area (Å²) in [5, 5.41) is 1.00. The van der Waals surface area contributed by atoms with E-state index < -0.39 is 0 Å². The third-order valence-electron chi connectivity index (χ3n) is 6.37. The van der Waals surface area contributed by atoms with Gasteiger partial charge < -0.3 is 14.7 Å². The Morgan fingerprint density at radius 2 is 1.55 bits per heavy atom. The fourth-order valence-electron chi connectivity index (χ4n) is 4.52. The van der Waals surface area contributed by atoms with Crippen molar-refractivity contribution in [2.24, 2.45) is 0 Å². The number of likely N-dealkylation sites (N-methyl/N-ethyl adjacent to an activating group) is 1. The van der Waals surface area contributed by atoms with Crippen molar-refractivity contribution in [2.45, 2.75) is 6.54 Å². The largest absolute Gasteiger partial charge is 0.368 e. The molecule has 0 N–H and O–H groups in total. The molecule has 3 aromatic carbocycles. The number of rotatable bonds is 4. The first kappa shape index (κ1) is 22.0. The van der Waals surface area contributed by atoms with Gasteiger partial charge in [0, 0.05) is 43.0 Å². The number of fused-ring (bicyclic) bond motifs is 1. The average molecular weight is 478 g/mol. The van der Waals surface area contributed by atoms with Gasteiger partial charge in [-0.3, -0.25) is 4.79 Å². The molecule has 1 saturated heterocycles. The Morgan fingerprint density at radius 1 is 0.848 bits per heavy atom. The second kappa shape index (κ2) is 9.22. The average Bonchev–Trinajstić information content (AvgIpc) is 3.08. The van der Waals surface area contributed by atoms with Gasteiger partial charge in [-0.2, -0.15) is 0 Å². The van der Waals surface area contributed by atoms with Crippen LogP contribution in [0.4, 0.5) is 11.4 Å². The summed E-state index contributed by atoms with van der Waals surface area (Å²) in [6.45, 7) is 4.45. The highest BCUT2D eigenvalue weighted by atomic mass is 35.5. The van der Waals surface area contributed by atoms with E-state index in [1.165, 1.54) is 5.69 Å². The Hall–Kier alpha value is -2.79. The van der Waals surface area contributed by atoms with Crippen LogP contribution >= 0.6 is 23.2 Å². The zero-order chi connectivity index (χ0) is 22.9. The Bertz CT molecular complexity index is 1230. The standard InChI is InChI=1S/C27H25Cl2N3O/c1-30-12-14-31(15-13-30)25-8-4-2-6-20(25)17-22-21-7-3-5-9-26(21)32(27(22)33)18-19-10-11-23(28)24(29)16-19/h2-11,16-17H,12-15,18H2,1H3/b22-17+. The molecule has 1 amide bonds. The number of para-hydroxylation sites is 2. The molecule has 3 aromatic rings. The number of hydrogen-bond donors (Lipinski definition) is 0. The number of benzene rings is 3. The van der Waals surface area contributed by atoms with Gasteiger partial charge in [0.15, 0.2) is 0 Å². The second-order valence-electron chi connectivity index (χ2n) is 8.56. The van der Waals surface area contributed by atoms with Crippen molar-refractivity contribution in [2.75, 3.05) is 43.0 Å². The van der Waals surface area contributed by atoms with Gasteiger partial charge in [-0.25, -0.2) is 0 Å². The summed E-state index contributed by atoms with van der Waals surface area (Å²) in [6.07, 6.45) is 2.05. The minimum absolute atomic E-state index is 0.00421. The van der Waals surface area contributed by atoms with Crippen LogP contribution in [0, 0.1) is 0 Å². The van der Waals surface area contributed by atoms with E-state index in [1.54, 1.807) is 6.07 Å². The van der Waals surface area contributed by atoms with Gasteiger partial charge in [-0.05, 0) is 48.5 Å². The van der Waals surface area contributed by atoms with Gasteiger partial charge in [0.25, 0.3) is 5.91 Å². The molecule has 6 heteroatoms. The number of piperazine rings is 1. The van der Waals surface area contributed by atoms with Gasteiger partial charge in [-0.1, -0.05) is 65.7 Å². The Balaban J connectivity index is 1.51. The van der Waals surface area contributed by atoms with Gasteiger partial charge in [-0.15, -0.1) is 0 Å². The summed E-state index contributed by atoms with van der Waals surface area (Å²) in [4.78, 5) is 20.2. The lowest BCUT2D eigenvalue weighted by atomic mass is 10.0. The summed E-state index contributed by atoms with van der Waals surface area (Å²) >= 11 is 12.3. The van der Waals surface area contributed by atoms with E-state index in [9.17, 15) is 4.79 Å². The molecular formula is C27H25Cl2N3O. The normalized spacial score (nSPS) is 17.7. The SMILES string of the molecule is CN1CCN(c2ccccc2/C=C2/C(=O)N(Cc3ccc(Cl)c(Cl)c3)c3ccccc32)CC1. The molecule has 2 heterocycles. The van der Waals surface area contributed by atoms with Gasteiger partial charge >= 0.3 is 0 Å². The lowest BCUT2D eigenvalue weighted by molar-refractivity contribution is -0.113. The molecule has 2 aliphatic heterocycles. The molecule has 1 fully saturated rings. The molecule has 0 aromatic heterocycles. The third-order valence-corrected chi connectivity index (χ3v) is 7.10. The zero-order valence-corrected chi connectivity index (χ0v) is 20.0. The molecule has 0 atom stereocenters. The van der Waals surface area contributed by atoms with Gasteiger partial charge in [0.05, 0.1) is 22.3 Å². The summed E-state index contributed by atoms with van der Waals surface area (Å²) in [6, 6.07) is 21.8. The quantitative estimate of drug-likeness (QED) is 0.442. The molecule has 0 radical (unpaired) electrons. The Morgan fingerprint density at radius 3 is 2.30 bits per heavy atom. The minimum Gasteiger partial charge on any atom is -0.368 e. The van der Waals surface area contributed by atoms with E-state index in [1.807, 2.05) is 53.4 Å². The van der Waals surface area contributed by atoms with Crippen LogP contribution in [-0.2, 0) is 11.3 Å². The first-order chi connectivity index (χ1) is 16.0. The molecule has 0 bridgehead atoms. The molecule has 33 heavy (non-hydrogen) atoms. The van der Waals surface area contributed by atoms with Crippen LogP contribution in [0.3, 0.4) is 0 Å². The highest BCUT2D eigenvalue weighted by Gasteiger charge is 2.32. The van der Waals surface area contributed by atoms with E-state index in [-0.39, 0.29) is 5.91 Å². The number of carbonyl (C=O) groups is 1. The number of hydrogen-bond acceptors (Lipinski definition) is 3. The van der Waals surface area contributed by atoms with E-state index in [4.69, 9.17) is 23.2 Å². The Labute approximate surface area is 204 Å². The third kappa shape index (κ3) is 4.39. The van der Waals surface area contributed by atoms with Crippen molar-refractivity contribution in [3.8, 4) is 0 Å². The van der Waals surface area contributed by atoms with Crippen molar-refractivity contribution in [3.63, 3.8) is 0 Å². The predicted molar refractivity (Wildman–Crippen MR) is 138 cm³/mol. The number of anilines is 2. The Kier molecular flexibility index (Phi) is 6.15. The topological polar surface area (TPSA) is 26.8 Å². The number of nitrogens with zero attached hydrogens (tertiary/aromatic N) is 3. The molecule has 5 rings (SSSR count). The monoisotopic (exact) mass is 477 g/mol. The van der Waals surface area contributed by atoms with Crippen LogP contribution in [0.5, 0.6) is 0 Å². The number of carbonyl (C=O) groups excluding carboxylic acids is 1. The highest BCUT2D eigenvalue weighted by Crippen LogP contribution is 2.40. The summed E-state index contributed by atoms with van der Waals surface area (Å²) < 4.78 is 0. The maximum absolute atomic E-state index is 13.6. The molecule has 0 spiro atoms. The molecule has 0 saturated carbocycles. The van der Waals surface area contributed by atoms with Crippen LogP contribution in [-0.4, -0.2) is 44.0 Å². The number of halogens is 2. The molecule has 0 unspecified atom stereocenters. The second-order valence-corrected chi connectivity index (χ2v) is 9.38. The van der Waals surface area contributed by atoms with Crippen molar-refractivity contribution in [3.05, 3.63) is 93.5 Å². The summed E-state index contributed by atoms with van der Waals surface area (Å²) in [5.74, 6) is -0.00421. The predicted octanol–water partition coefficient (Wildman–Crippen LogP) is 5.83. The van der Waals surface area contributed by atoms with Crippen LogP contribution in [0.15, 0.2) is 66.7 Å². The van der Waals surface area contributed by atoms with Crippen LogP contribution in [0.1, 0.15) is 16.7 Å². The maximum Gasteiger partial charge on any atom is 0.259 e. The minimum atomic E-state index is -0.00421. The van der Waals surface area contributed by atoms with Gasteiger partial charge in [0.2, 0.25) is 0 Å². The first-order valence-corrected chi connectivity index (χ1v) is 11.9. The van der Waals surface area contributed by atoms with E-state index in [2.05, 4.69) is 35.0 Å². The van der Waals surface area contributed by atoms with Gasteiger partial charge in [0.1, 0.15) is 0 Å². The van der Waals surface area contributed by atoms with Crippen molar-refractivity contribution < 1.29 is 4.79 Å². The maximum atomic E-state index is 13.6. The smallest absolute Gasteiger partial charge is 0.259 e. The van der Waals surface area contributed by atoms with Crippen molar-refractivity contribution in [1.29, 1.82) is 0 Å². The fourth-order valence-corrected chi connectivity index (χ4v) is 4.84. The lowest BCUT2D eigenvalue weighted by Gasteiger charge is -2.35. The molecule has 168 valence electrons. The van der Waals surface area contributed by atoms with E-state index >= 15 is 0 Å². The lowest BCUT2D eigenvalue weighted by Crippen LogP contribution is -2.44. The van der Waals surface area contributed by atoms with Crippen molar-refractivity contribution in [1.82, 2.24) is 4.90 Å².